The zero-order chi connectivity index (χ0) is 16.2. The van der Waals surface area contributed by atoms with Gasteiger partial charge in [-0.2, -0.15) is 0 Å². The van der Waals surface area contributed by atoms with Gasteiger partial charge in [0.25, 0.3) is 0 Å². The number of nitrogens with two attached hydrogens (primary N) is 1. The molecule has 1 unspecified atom stereocenters. The van der Waals surface area contributed by atoms with Crippen LogP contribution < -0.4 is 5.14 Å². The number of primary sulfonamides is 1. The summed E-state index contributed by atoms with van der Waals surface area (Å²) in [7, 11) is -3.94. The highest BCUT2D eigenvalue weighted by atomic mass is 35.5. The van der Waals surface area contributed by atoms with Crippen LogP contribution in [0.5, 0.6) is 0 Å². The van der Waals surface area contributed by atoms with Gasteiger partial charge in [-0.3, -0.25) is 0 Å². The van der Waals surface area contributed by atoms with E-state index in [0.717, 1.165) is 12.8 Å². The molecular weight excluding hydrogens is 314 g/mol. The van der Waals surface area contributed by atoms with Crippen LogP contribution in [0.25, 0.3) is 0 Å². The third-order valence-electron chi connectivity index (χ3n) is 3.13. The summed E-state index contributed by atoms with van der Waals surface area (Å²) in [5.41, 5.74) is 0.366. The van der Waals surface area contributed by atoms with Gasteiger partial charge in [-0.25, -0.2) is 18.4 Å². The van der Waals surface area contributed by atoms with E-state index < -0.39 is 16.0 Å². The largest absolute Gasteiger partial charge is 0.462 e. The van der Waals surface area contributed by atoms with Crippen molar-refractivity contribution >= 4 is 27.6 Å². The molecule has 1 aromatic carbocycles. The molecule has 0 aliphatic heterocycles. The average Bonchev–Trinajstić information content (AvgIpc) is 2.37. The van der Waals surface area contributed by atoms with Crippen LogP contribution in [0.15, 0.2) is 17.0 Å². The van der Waals surface area contributed by atoms with Crippen LogP contribution >= 0.6 is 11.6 Å². The lowest BCUT2D eigenvalue weighted by molar-refractivity contribution is 0.0442. The van der Waals surface area contributed by atoms with Crippen LogP contribution in [0, 0.1) is 12.8 Å². The van der Waals surface area contributed by atoms with E-state index in [1.807, 2.05) is 6.92 Å². The van der Waals surface area contributed by atoms with Gasteiger partial charge in [-0.05, 0) is 37.0 Å². The molecule has 1 rings (SSSR count). The van der Waals surface area contributed by atoms with Crippen LogP contribution in [0.1, 0.15) is 42.6 Å². The first-order valence-corrected chi connectivity index (χ1v) is 8.59. The maximum atomic E-state index is 12.1. The Morgan fingerprint density at radius 1 is 1.43 bits per heavy atom. The number of halogens is 1. The fourth-order valence-electron chi connectivity index (χ4n) is 2.03. The number of carbonyl (C=O) groups is 1. The first kappa shape index (κ1) is 17.9. The Balaban J connectivity index is 3.03. The first-order valence-electron chi connectivity index (χ1n) is 6.66. The summed E-state index contributed by atoms with van der Waals surface area (Å²) in [6, 6.07) is 2.61. The Kier molecular flexibility index (Phi) is 6.19. The topological polar surface area (TPSA) is 86.5 Å². The molecule has 1 atom stereocenters. The molecule has 118 valence electrons. The fraction of sp³-hybridized carbons (Fsp3) is 0.500. The van der Waals surface area contributed by atoms with Gasteiger partial charge in [-0.15, -0.1) is 0 Å². The number of rotatable bonds is 6. The number of ether oxygens (including phenoxy) is 1. The second kappa shape index (κ2) is 7.24. The number of benzene rings is 1. The highest BCUT2D eigenvalue weighted by Crippen LogP contribution is 2.24. The molecule has 0 aliphatic carbocycles. The highest BCUT2D eigenvalue weighted by Gasteiger charge is 2.20. The van der Waals surface area contributed by atoms with Crippen LogP contribution in [0.2, 0.25) is 5.02 Å². The summed E-state index contributed by atoms with van der Waals surface area (Å²) in [5.74, 6) is -0.348. The zero-order valence-electron chi connectivity index (χ0n) is 12.3. The monoisotopic (exact) mass is 333 g/mol. The van der Waals surface area contributed by atoms with Gasteiger partial charge in [0.2, 0.25) is 10.0 Å². The molecule has 0 bridgehead atoms. The van der Waals surface area contributed by atoms with Gasteiger partial charge in [-0.1, -0.05) is 31.9 Å². The molecular formula is C14H20ClNO4S. The molecule has 7 heteroatoms. The average molecular weight is 334 g/mol. The summed E-state index contributed by atoms with van der Waals surface area (Å²) in [5, 5.41) is 5.24. The molecule has 0 spiro atoms. The molecule has 2 N–H and O–H groups in total. The lowest BCUT2D eigenvalue weighted by atomic mass is 10.1. The molecule has 0 heterocycles. The Morgan fingerprint density at radius 2 is 2.05 bits per heavy atom. The summed E-state index contributed by atoms with van der Waals surface area (Å²) in [6.07, 6.45) is 1.95. The Labute approximate surface area is 130 Å². The minimum absolute atomic E-state index is 0.121. The molecule has 0 amide bonds. The number of carbonyl (C=O) groups excluding carboxylic acids is 1. The van der Waals surface area contributed by atoms with Gasteiger partial charge in [0, 0.05) is 5.02 Å². The van der Waals surface area contributed by atoms with E-state index in [0.29, 0.717) is 0 Å². The van der Waals surface area contributed by atoms with Crippen LogP contribution in [-0.4, -0.2) is 21.0 Å². The molecule has 0 aromatic heterocycles. The molecule has 0 aliphatic rings. The van der Waals surface area contributed by atoms with E-state index in [2.05, 4.69) is 6.92 Å². The summed E-state index contributed by atoms with van der Waals surface area (Å²) >= 11 is 5.86. The normalized spacial score (nSPS) is 13.0. The van der Waals surface area contributed by atoms with Gasteiger partial charge in [0.05, 0.1) is 17.1 Å². The molecule has 21 heavy (non-hydrogen) atoms. The van der Waals surface area contributed by atoms with Crippen molar-refractivity contribution in [1.29, 1.82) is 0 Å². The minimum Gasteiger partial charge on any atom is -0.462 e. The predicted octanol–water partition coefficient (Wildman–Crippen LogP) is 2.89. The second-order valence-corrected chi connectivity index (χ2v) is 7.08. The first-order chi connectivity index (χ1) is 9.66. The van der Waals surface area contributed by atoms with Crippen molar-refractivity contribution in [1.82, 2.24) is 0 Å². The lowest BCUT2D eigenvalue weighted by Crippen LogP contribution is -2.18. The van der Waals surface area contributed by atoms with Gasteiger partial charge >= 0.3 is 5.97 Å². The van der Waals surface area contributed by atoms with Crippen LogP contribution in [0.4, 0.5) is 0 Å². The smallest absolute Gasteiger partial charge is 0.338 e. The SMILES string of the molecule is CCCC(C)COC(=O)c1cc(Cl)cc(S(N)(=O)=O)c1C. The predicted molar refractivity (Wildman–Crippen MR) is 81.9 cm³/mol. The lowest BCUT2D eigenvalue weighted by Gasteiger charge is -2.13. The molecule has 0 radical (unpaired) electrons. The Hall–Kier alpha value is -1.11. The quantitative estimate of drug-likeness (QED) is 0.811. The van der Waals surface area contributed by atoms with E-state index in [1.54, 1.807) is 0 Å². The Morgan fingerprint density at radius 3 is 2.57 bits per heavy atom. The van der Waals surface area contributed by atoms with Gasteiger partial charge in [0.1, 0.15) is 0 Å². The van der Waals surface area contributed by atoms with Crippen molar-refractivity contribution in [2.75, 3.05) is 6.61 Å². The van der Waals surface area contributed by atoms with E-state index in [9.17, 15) is 13.2 Å². The number of sulfonamides is 1. The van der Waals surface area contributed by atoms with Gasteiger partial charge < -0.3 is 4.74 Å². The van der Waals surface area contributed by atoms with Crippen LogP contribution in [-0.2, 0) is 14.8 Å². The van der Waals surface area contributed by atoms with Crippen molar-refractivity contribution in [3.05, 3.63) is 28.3 Å². The van der Waals surface area contributed by atoms with E-state index in [1.165, 1.54) is 19.1 Å². The standard InChI is InChI=1S/C14H20ClNO4S/c1-4-5-9(2)8-20-14(17)12-6-11(15)7-13(10(12)3)21(16,18)19/h6-7,9H,4-5,8H2,1-3H3,(H2,16,18,19). The highest BCUT2D eigenvalue weighted by molar-refractivity contribution is 7.89. The summed E-state index contributed by atoms with van der Waals surface area (Å²) in [4.78, 5) is 11.9. The second-order valence-electron chi connectivity index (χ2n) is 5.11. The number of esters is 1. The van der Waals surface area contributed by atoms with Crippen molar-refractivity contribution < 1.29 is 17.9 Å². The number of hydrogen-bond acceptors (Lipinski definition) is 4. The minimum atomic E-state index is -3.94. The van der Waals surface area contributed by atoms with Crippen LogP contribution in [0.3, 0.4) is 0 Å². The van der Waals surface area contributed by atoms with Crippen molar-refractivity contribution in [2.24, 2.45) is 11.1 Å². The molecule has 1 aromatic rings. The molecule has 0 fully saturated rings. The molecule has 0 saturated carbocycles. The van der Waals surface area contributed by atoms with E-state index in [-0.39, 0.29) is 33.6 Å². The fourth-order valence-corrected chi connectivity index (χ4v) is 3.14. The third kappa shape index (κ3) is 4.98. The van der Waals surface area contributed by atoms with Crippen molar-refractivity contribution in [3.8, 4) is 0 Å². The summed E-state index contributed by atoms with van der Waals surface area (Å²) < 4.78 is 28.2. The summed E-state index contributed by atoms with van der Waals surface area (Å²) in [6.45, 7) is 5.82. The molecule has 5 nitrogen and oxygen atoms in total. The Bertz CT molecular complexity index is 628. The van der Waals surface area contributed by atoms with Crippen molar-refractivity contribution in [3.63, 3.8) is 0 Å². The zero-order valence-corrected chi connectivity index (χ0v) is 13.9. The van der Waals surface area contributed by atoms with Crippen molar-refractivity contribution in [2.45, 2.75) is 38.5 Å². The number of hydrogen-bond donors (Lipinski definition) is 1. The maximum Gasteiger partial charge on any atom is 0.338 e. The molecule has 0 saturated heterocycles. The van der Waals surface area contributed by atoms with Gasteiger partial charge in [0.15, 0.2) is 0 Å². The van der Waals surface area contributed by atoms with E-state index >= 15 is 0 Å². The third-order valence-corrected chi connectivity index (χ3v) is 4.39. The van der Waals surface area contributed by atoms with E-state index in [4.69, 9.17) is 21.5 Å². The maximum absolute atomic E-state index is 12.1.